The van der Waals surface area contributed by atoms with Crippen LogP contribution in [0.25, 0.3) is 0 Å². The van der Waals surface area contributed by atoms with Gasteiger partial charge in [0.1, 0.15) is 0 Å². The zero-order chi connectivity index (χ0) is 13.1. The van der Waals surface area contributed by atoms with Gasteiger partial charge in [-0.2, -0.15) is 0 Å². The lowest BCUT2D eigenvalue weighted by atomic mass is 9.79. The fraction of sp³-hybridized carbons (Fsp3) is 0.333. The van der Waals surface area contributed by atoms with Gasteiger partial charge in [0.15, 0.2) is 5.41 Å². The van der Waals surface area contributed by atoms with Gasteiger partial charge in [0.25, 0.3) is 0 Å². The monoisotopic (exact) mass is 300 g/mol. The quantitative estimate of drug-likeness (QED) is 0.820. The summed E-state index contributed by atoms with van der Waals surface area (Å²) in [5, 5.41) is 18.3. The molecule has 1 aromatic rings. The minimum atomic E-state index is -1.75. The normalized spacial score (nSPS) is 11.2. The highest BCUT2D eigenvalue weighted by Gasteiger charge is 2.44. The Morgan fingerprint density at radius 3 is 2.29 bits per heavy atom. The van der Waals surface area contributed by atoms with Crippen LogP contribution in [0.2, 0.25) is 0 Å². The standard InChI is InChI=1S/C12H13BrO4/c1-2-12(10(14)15,11(16)17)7-8-4-3-5-9(13)6-8/h3-6H,2,7H2,1H3,(H,14,15)(H,16,17). The Bertz CT molecular complexity index is 428. The highest BCUT2D eigenvalue weighted by molar-refractivity contribution is 9.10. The summed E-state index contributed by atoms with van der Waals surface area (Å²) in [6.07, 6.45) is 0.0256. The molecule has 0 aliphatic heterocycles. The minimum absolute atomic E-state index is 0.0202. The van der Waals surface area contributed by atoms with Crippen LogP contribution in [0.5, 0.6) is 0 Å². The van der Waals surface area contributed by atoms with E-state index in [1.165, 1.54) is 0 Å². The second-order valence-electron chi connectivity index (χ2n) is 3.85. The number of benzene rings is 1. The van der Waals surface area contributed by atoms with Crippen molar-refractivity contribution in [3.8, 4) is 0 Å². The van der Waals surface area contributed by atoms with Crippen molar-refractivity contribution in [2.75, 3.05) is 0 Å². The molecule has 0 aromatic heterocycles. The van der Waals surface area contributed by atoms with Crippen molar-refractivity contribution in [1.29, 1.82) is 0 Å². The van der Waals surface area contributed by atoms with Gasteiger partial charge >= 0.3 is 11.9 Å². The van der Waals surface area contributed by atoms with Crippen LogP contribution in [0.4, 0.5) is 0 Å². The molecule has 0 saturated heterocycles. The van der Waals surface area contributed by atoms with Crippen molar-refractivity contribution in [3.05, 3.63) is 34.3 Å². The average Bonchev–Trinajstić information content (AvgIpc) is 2.25. The van der Waals surface area contributed by atoms with Gasteiger partial charge in [0, 0.05) is 4.47 Å². The number of halogens is 1. The first kappa shape index (κ1) is 13.7. The Morgan fingerprint density at radius 2 is 1.88 bits per heavy atom. The molecule has 0 aliphatic carbocycles. The van der Waals surface area contributed by atoms with Gasteiger partial charge in [0.05, 0.1) is 0 Å². The summed E-state index contributed by atoms with van der Waals surface area (Å²) in [5.41, 5.74) is -1.06. The second kappa shape index (κ2) is 5.31. The molecule has 0 fully saturated rings. The summed E-state index contributed by atoms with van der Waals surface area (Å²) in [5.74, 6) is -2.60. The van der Waals surface area contributed by atoms with Gasteiger partial charge in [-0.3, -0.25) is 9.59 Å². The molecule has 0 radical (unpaired) electrons. The molecule has 0 saturated carbocycles. The number of rotatable bonds is 5. The third-order valence-corrected chi connectivity index (χ3v) is 3.31. The molecule has 1 rings (SSSR count). The maximum Gasteiger partial charge on any atom is 0.321 e. The van der Waals surface area contributed by atoms with E-state index in [4.69, 9.17) is 10.2 Å². The Hall–Kier alpha value is -1.36. The first-order valence-corrected chi connectivity index (χ1v) is 5.93. The van der Waals surface area contributed by atoms with Gasteiger partial charge in [-0.15, -0.1) is 0 Å². The fourth-order valence-electron chi connectivity index (χ4n) is 1.67. The van der Waals surface area contributed by atoms with Crippen molar-refractivity contribution in [2.24, 2.45) is 5.41 Å². The molecule has 17 heavy (non-hydrogen) atoms. The molecule has 4 nitrogen and oxygen atoms in total. The van der Waals surface area contributed by atoms with Gasteiger partial charge < -0.3 is 10.2 Å². The van der Waals surface area contributed by atoms with E-state index in [1.807, 2.05) is 0 Å². The summed E-state index contributed by atoms with van der Waals surface area (Å²) in [4.78, 5) is 22.4. The first-order chi connectivity index (χ1) is 7.92. The third-order valence-electron chi connectivity index (χ3n) is 2.82. The molecule has 0 unspecified atom stereocenters. The van der Waals surface area contributed by atoms with E-state index in [2.05, 4.69) is 15.9 Å². The summed E-state index contributed by atoms with van der Waals surface area (Å²) in [7, 11) is 0. The van der Waals surface area contributed by atoms with Gasteiger partial charge in [-0.1, -0.05) is 35.0 Å². The predicted molar refractivity (Wildman–Crippen MR) is 65.8 cm³/mol. The highest BCUT2D eigenvalue weighted by Crippen LogP contribution is 2.29. The lowest BCUT2D eigenvalue weighted by Gasteiger charge is -2.23. The highest BCUT2D eigenvalue weighted by atomic mass is 79.9. The SMILES string of the molecule is CCC(Cc1cccc(Br)c1)(C(=O)O)C(=O)O. The zero-order valence-electron chi connectivity index (χ0n) is 9.31. The Kier molecular flexibility index (Phi) is 4.28. The first-order valence-electron chi connectivity index (χ1n) is 5.13. The lowest BCUT2D eigenvalue weighted by molar-refractivity contribution is -0.164. The van der Waals surface area contributed by atoms with Crippen LogP contribution in [0.3, 0.4) is 0 Å². The van der Waals surface area contributed by atoms with Gasteiger partial charge in [-0.05, 0) is 30.5 Å². The van der Waals surface area contributed by atoms with Crippen molar-refractivity contribution < 1.29 is 19.8 Å². The molecule has 1 aromatic carbocycles. The van der Waals surface area contributed by atoms with Gasteiger partial charge in [0.2, 0.25) is 0 Å². The summed E-state index contributed by atoms with van der Waals surface area (Å²) < 4.78 is 0.802. The summed E-state index contributed by atoms with van der Waals surface area (Å²) >= 11 is 3.27. The number of hydrogen-bond acceptors (Lipinski definition) is 2. The molecular formula is C12H13BrO4. The Balaban J connectivity index is 3.10. The van der Waals surface area contributed by atoms with Crippen LogP contribution in [-0.2, 0) is 16.0 Å². The zero-order valence-corrected chi connectivity index (χ0v) is 10.9. The van der Waals surface area contributed by atoms with Crippen LogP contribution in [0.15, 0.2) is 28.7 Å². The fourth-order valence-corrected chi connectivity index (χ4v) is 2.11. The number of carboxylic acids is 2. The summed E-state index contributed by atoms with van der Waals surface area (Å²) in [6, 6.07) is 7.01. The lowest BCUT2D eigenvalue weighted by Crippen LogP contribution is -2.40. The molecule has 2 N–H and O–H groups in total. The molecular weight excluding hydrogens is 288 g/mol. The van der Waals surface area contributed by atoms with Crippen molar-refractivity contribution in [2.45, 2.75) is 19.8 Å². The van der Waals surface area contributed by atoms with E-state index in [-0.39, 0.29) is 12.8 Å². The topological polar surface area (TPSA) is 74.6 Å². The molecule has 0 atom stereocenters. The molecule has 5 heteroatoms. The van der Waals surface area contributed by atoms with E-state index in [0.717, 1.165) is 4.47 Å². The maximum absolute atomic E-state index is 11.2. The molecule has 0 aliphatic rings. The number of carboxylic acid groups (broad SMARTS) is 2. The van der Waals surface area contributed by atoms with Crippen molar-refractivity contribution >= 4 is 27.9 Å². The van der Waals surface area contributed by atoms with Crippen molar-refractivity contribution in [1.82, 2.24) is 0 Å². The van der Waals surface area contributed by atoms with E-state index in [1.54, 1.807) is 31.2 Å². The maximum atomic E-state index is 11.2. The molecule has 0 heterocycles. The number of hydrogen-bond donors (Lipinski definition) is 2. The minimum Gasteiger partial charge on any atom is -0.480 e. The molecule has 0 bridgehead atoms. The molecule has 0 amide bonds. The summed E-state index contributed by atoms with van der Waals surface area (Å²) in [6.45, 7) is 1.57. The molecule has 0 spiro atoms. The number of carbonyl (C=O) groups is 2. The van der Waals surface area contributed by atoms with E-state index >= 15 is 0 Å². The Morgan fingerprint density at radius 1 is 1.29 bits per heavy atom. The average molecular weight is 301 g/mol. The van der Waals surface area contributed by atoms with Crippen LogP contribution < -0.4 is 0 Å². The van der Waals surface area contributed by atoms with Crippen LogP contribution >= 0.6 is 15.9 Å². The molecule has 92 valence electrons. The van der Waals surface area contributed by atoms with Crippen LogP contribution in [0.1, 0.15) is 18.9 Å². The number of aliphatic carboxylic acids is 2. The largest absolute Gasteiger partial charge is 0.480 e. The van der Waals surface area contributed by atoms with E-state index < -0.39 is 17.4 Å². The van der Waals surface area contributed by atoms with Crippen molar-refractivity contribution in [3.63, 3.8) is 0 Å². The third kappa shape index (κ3) is 2.85. The van der Waals surface area contributed by atoms with E-state index in [9.17, 15) is 9.59 Å². The Labute approximate surface area is 107 Å². The van der Waals surface area contributed by atoms with E-state index in [0.29, 0.717) is 5.56 Å². The van der Waals surface area contributed by atoms with Gasteiger partial charge in [-0.25, -0.2) is 0 Å². The predicted octanol–water partition coefficient (Wildman–Crippen LogP) is 2.56. The van der Waals surface area contributed by atoms with Crippen LogP contribution in [0, 0.1) is 5.41 Å². The van der Waals surface area contributed by atoms with Crippen LogP contribution in [-0.4, -0.2) is 22.2 Å². The smallest absolute Gasteiger partial charge is 0.321 e. The second-order valence-corrected chi connectivity index (χ2v) is 4.77.